The Hall–Kier alpha value is -2.13. The molecule has 26 heavy (non-hydrogen) atoms. The van der Waals surface area contributed by atoms with Crippen LogP contribution < -0.4 is 5.32 Å². The Balaban J connectivity index is 2.13. The third-order valence-electron chi connectivity index (χ3n) is 4.64. The molecule has 1 atom stereocenters. The molecule has 140 valence electrons. The van der Waals surface area contributed by atoms with Gasteiger partial charge in [-0.2, -0.15) is 0 Å². The van der Waals surface area contributed by atoms with Crippen molar-refractivity contribution in [1.82, 2.24) is 10.2 Å². The Morgan fingerprint density at radius 1 is 0.885 bits per heavy atom. The van der Waals surface area contributed by atoms with Crippen LogP contribution in [0.3, 0.4) is 0 Å². The van der Waals surface area contributed by atoms with Gasteiger partial charge in [-0.1, -0.05) is 75.2 Å². The molecule has 0 saturated carbocycles. The van der Waals surface area contributed by atoms with E-state index in [1.807, 2.05) is 48.5 Å². The van der Waals surface area contributed by atoms with Crippen LogP contribution in [0.1, 0.15) is 61.5 Å². The summed E-state index contributed by atoms with van der Waals surface area (Å²) in [5, 5.41) is 3.25. The van der Waals surface area contributed by atoms with E-state index in [2.05, 4.69) is 36.2 Å². The molecule has 0 aromatic heterocycles. The fraction of sp³-hybridized carbons (Fsp3) is 0.435. The number of rotatable bonds is 11. The normalized spacial score (nSPS) is 12.1. The highest BCUT2D eigenvalue weighted by Gasteiger charge is 2.18. The van der Waals surface area contributed by atoms with Gasteiger partial charge in [-0.3, -0.25) is 4.79 Å². The van der Waals surface area contributed by atoms with Crippen molar-refractivity contribution in [3.05, 3.63) is 71.8 Å². The predicted molar refractivity (Wildman–Crippen MR) is 109 cm³/mol. The molecule has 0 fully saturated rings. The van der Waals surface area contributed by atoms with Crippen molar-refractivity contribution in [1.29, 1.82) is 0 Å². The molecule has 2 rings (SSSR count). The third-order valence-corrected chi connectivity index (χ3v) is 4.64. The summed E-state index contributed by atoms with van der Waals surface area (Å²) in [5.41, 5.74) is 1.87. The number of unbranched alkanes of at least 4 members (excludes halogenated alkanes) is 2. The first-order chi connectivity index (χ1) is 12.7. The van der Waals surface area contributed by atoms with Crippen LogP contribution in [0.15, 0.2) is 60.7 Å². The van der Waals surface area contributed by atoms with Crippen LogP contribution in [0.2, 0.25) is 0 Å². The summed E-state index contributed by atoms with van der Waals surface area (Å²) in [5.74, 6) is -0.00890. The molecule has 1 unspecified atom stereocenters. The maximum atomic E-state index is 12.7. The number of benzene rings is 2. The van der Waals surface area contributed by atoms with Gasteiger partial charge in [-0.25, -0.2) is 0 Å². The zero-order valence-corrected chi connectivity index (χ0v) is 16.2. The van der Waals surface area contributed by atoms with Gasteiger partial charge in [0, 0.05) is 12.1 Å². The van der Waals surface area contributed by atoms with Crippen molar-refractivity contribution in [2.24, 2.45) is 0 Å². The van der Waals surface area contributed by atoms with Crippen molar-refractivity contribution in [3.63, 3.8) is 0 Å². The van der Waals surface area contributed by atoms with Crippen LogP contribution in [0, 0.1) is 0 Å². The third kappa shape index (κ3) is 6.64. The van der Waals surface area contributed by atoms with Crippen LogP contribution in [0.4, 0.5) is 0 Å². The van der Waals surface area contributed by atoms with E-state index in [1.54, 1.807) is 0 Å². The van der Waals surface area contributed by atoms with Crippen molar-refractivity contribution >= 4 is 5.91 Å². The van der Waals surface area contributed by atoms with Gasteiger partial charge in [-0.05, 0) is 43.6 Å². The second-order valence-electron chi connectivity index (χ2n) is 6.81. The Morgan fingerprint density at radius 3 is 1.96 bits per heavy atom. The molecular weight excluding hydrogens is 320 g/mol. The van der Waals surface area contributed by atoms with Crippen molar-refractivity contribution in [2.45, 2.75) is 45.6 Å². The van der Waals surface area contributed by atoms with Crippen LogP contribution in [0.25, 0.3) is 0 Å². The largest absolute Gasteiger partial charge is 0.344 e. The number of nitrogens with zero attached hydrogens (tertiary/aromatic N) is 1. The summed E-state index contributed by atoms with van der Waals surface area (Å²) in [4.78, 5) is 15.2. The number of hydrogen-bond acceptors (Lipinski definition) is 2. The van der Waals surface area contributed by atoms with E-state index >= 15 is 0 Å². The average molecular weight is 353 g/mol. The molecule has 2 aromatic carbocycles. The van der Waals surface area contributed by atoms with Gasteiger partial charge in [0.15, 0.2) is 0 Å². The second-order valence-corrected chi connectivity index (χ2v) is 6.81. The van der Waals surface area contributed by atoms with Gasteiger partial charge in [0.05, 0.1) is 6.04 Å². The van der Waals surface area contributed by atoms with E-state index in [0.29, 0.717) is 5.56 Å². The zero-order chi connectivity index (χ0) is 18.6. The minimum atomic E-state index is -0.00890. The topological polar surface area (TPSA) is 32.3 Å². The lowest BCUT2D eigenvalue weighted by Crippen LogP contribution is -2.39. The van der Waals surface area contributed by atoms with E-state index < -0.39 is 0 Å². The maximum absolute atomic E-state index is 12.7. The SMILES string of the molecule is CCCCN(CCCC)CC(NC(=O)c1ccccc1)c1ccccc1. The fourth-order valence-corrected chi connectivity index (χ4v) is 3.07. The van der Waals surface area contributed by atoms with Crippen molar-refractivity contribution in [3.8, 4) is 0 Å². The molecule has 3 nitrogen and oxygen atoms in total. The van der Waals surface area contributed by atoms with Crippen LogP contribution in [0.5, 0.6) is 0 Å². The van der Waals surface area contributed by atoms with E-state index in [4.69, 9.17) is 0 Å². The van der Waals surface area contributed by atoms with Crippen molar-refractivity contribution in [2.75, 3.05) is 19.6 Å². The summed E-state index contributed by atoms with van der Waals surface area (Å²) in [6.07, 6.45) is 4.76. The number of nitrogens with one attached hydrogen (secondary N) is 1. The molecular formula is C23H32N2O. The Labute approximate surface area is 158 Å². The molecule has 0 spiro atoms. The average Bonchev–Trinajstić information content (AvgIpc) is 2.70. The van der Waals surface area contributed by atoms with Crippen LogP contribution in [-0.2, 0) is 0 Å². The fourth-order valence-electron chi connectivity index (χ4n) is 3.07. The van der Waals surface area contributed by atoms with Gasteiger partial charge in [0.1, 0.15) is 0 Å². The highest BCUT2D eigenvalue weighted by atomic mass is 16.1. The van der Waals surface area contributed by atoms with Gasteiger partial charge in [0.2, 0.25) is 0 Å². The highest BCUT2D eigenvalue weighted by Crippen LogP contribution is 2.16. The first-order valence-corrected chi connectivity index (χ1v) is 9.87. The molecule has 0 radical (unpaired) electrons. The Morgan fingerprint density at radius 2 is 1.42 bits per heavy atom. The quantitative estimate of drug-likeness (QED) is 0.613. The number of amides is 1. The van der Waals surface area contributed by atoms with Crippen LogP contribution in [-0.4, -0.2) is 30.4 Å². The smallest absolute Gasteiger partial charge is 0.251 e. The summed E-state index contributed by atoms with van der Waals surface area (Å²) in [6.45, 7) is 7.47. The Bertz CT molecular complexity index is 619. The lowest BCUT2D eigenvalue weighted by molar-refractivity contribution is 0.0923. The first-order valence-electron chi connectivity index (χ1n) is 9.87. The predicted octanol–water partition coefficient (Wildman–Crippen LogP) is 5.06. The molecule has 0 heterocycles. The lowest BCUT2D eigenvalue weighted by Gasteiger charge is -2.28. The molecule has 0 bridgehead atoms. The van der Waals surface area contributed by atoms with Gasteiger partial charge >= 0.3 is 0 Å². The minimum Gasteiger partial charge on any atom is -0.344 e. The molecule has 3 heteroatoms. The van der Waals surface area contributed by atoms with Gasteiger partial charge in [0.25, 0.3) is 5.91 Å². The van der Waals surface area contributed by atoms with E-state index in [0.717, 1.165) is 25.2 Å². The number of carbonyl (C=O) groups excluding carboxylic acids is 1. The number of hydrogen-bond donors (Lipinski definition) is 1. The molecule has 0 saturated heterocycles. The number of carbonyl (C=O) groups is 1. The molecule has 1 N–H and O–H groups in total. The molecule has 0 aliphatic carbocycles. The molecule has 0 aliphatic rings. The van der Waals surface area contributed by atoms with E-state index in [-0.39, 0.29) is 11.9 Å². The lowest BCUT2D eigenvalue weighted by atomic mass is 10.0. The van der Waals surface area contributed by atoms with Gasteiger partial charge in [-0.15, -0.1) is 0 Å². The summed E-state index contributed by atoms with van der Waals surface area (Å²) in [6, 6.07) is 19.8. The zero-order valence-electron chi connectivity index (χ0n) is 16.2. The minimum absolute atomic E-state index is 0.00221. The highest BCUT2D eigenvalue weighted by molar-refractivity contribution is 5.94. The molecule has 2 aromatic rings. The molecule has 0 aliphatic heterocycles. The maximum Gasteiger partial charge on any atom is 0.251 e. The van der Waals surface area contributed by atoms with Crippen LogP contribution >= 0.6 is 0 Å². The molecule has 1 amide bonds. The van der Waals surface area contributed by atoms with E-state index in [9.17, 15) is 4.79 Å². The standard InChI is InChI=1S/C23H32N2O/c1-3-5-17-25(18-6-4-2)19-22(20-13-9-7-10-14-20)24-23(26)21-15-11-8-12-16-21/h7-16,22H,3-6,17-19H2,1-2H3,(H,24,26). The second kappa shape index (κ2) is 11.5. The first kappa shape index (κ1) is 20.2. The summed E-state index contributed by atoms with van der Waals surface area (Å²) >= 11 is 0. The van der Waals surface area contributed by atoms with E-state index in [1.165, 1.54) is 25.7 Å². The summed E-state index contributed by atoms with van der Waals surface area (Å²) in [7, 11) is 0. The monoisotopic (exact) mass is 352 g/mol. The Kier molecular flexibility index (Phi) is 8.91. The van der Waals surface area contributed by atoms with Gasteiger partial charge < -0.3 is 10.2 Å². The van der Waals surface area contributed by atoms with Crippen molar-refractivity contribution < 1.29 is 4.79 Å². The summed E-state index contributed by atoms with van der Waals surface area (Å²) < 4.78 is 0.